The first kappa shape index (κ1) is 14.3. The number of nitrogens with one attached hydrogen (secondary N) is 1. The Balaban J connectivity index is 1.93. The van der Waals surface area contributed by atoms with Crippen molar-refractivity contribution in [2.75, 3.05) is 6.54 Å². The average Bonchev–Trinajstić information content (AvgIpc) is 2.75. The maximum absolute atomic E-state index is 12.1. The molecule has 0 heterocycles. The monoisotopic (exact) mass is 421 g/mol. The molecule has 0 spiro atoms. The second-order valence-corrected chi connectivity index (χ2v) is 7.20. The Bertz CT molecular complexity index is 449. The fraction of sp³-hybridized carbons (Fsp3) is 0.500. The van der Waals surface area contributed by atoms with Crippen LogP contribution in [0.3, 0.4) is 0 Å². The molecule has 2 rings (SSSR count). The summed E-state index contributed by atoms with van der Waals surface area (Å²) < 4.78 is 1.94. The zero-order chi connectivity index (χ0) is 13.1. The van der Waals surface area contributed by atoms with Gasteiger partial charge in [0.15, 0.2) is 0 Å². The van der Waals surface area contributed by atoms with Crippen LogP contribution in [0.1, 0.15) is 36.5 Å². The first-order valence-corrected chi connectivity index (χ1v) is 8.16. The number of hydrogen-bond donors (Lipinski definition) is 1. The van der Waals surface area contributed by atoms with Crippen molar-refractivity contribution in [2.45, 2.75) is 26.2 Å². The highest BCUT2D eigenvalue weighted by atomic mass is 127. The van der Waals surface area contributed by atoms with Gasteiger partial charge in [0.25, 0.3) is 5.91 Å². The molecule has 1 N–H and O–H groups in total. The Morgan fingerprint density at radius 2 is 2.28 bits per heavy atom. The van der Waals surface area contributed by atoms with Gasteiger partial charge >= 0.3 is 0 Å². The van der Waals surface area contributed by atoms with Gasteiger partial charge in [-0.2, -0.15) is 0 Å². The van der Waals surface area contributed by atoms with Gasteiger partial charge in [0.05, 0.1) is 5.56 Å². The fourth-order valence-electron chi connectivity index (χ4n) is 2.51. The molecule has 1 amide bonds. The fourth-order valence-corrected chi connectivity index (χ4v) is 3.46. The molecular weight excluding hydrogens is 405 g/mol. The average molecular weight is 422 g/mol. The molecule has 1 aliphatic rings. The van der Waals surface area contributed by atoms with E-state index in [0.717, 1.165) is 26.1 Å². The molecule has 0 radical (unpaired) electrons. The topological polar surface area (TPSA) is 29.1 Å². The number of amides is 1. The molecule has 2 atom stereocenters. The molecule has 0 bridgehead atoms. The number of carbonyl (C=O) groups is 1. The highest BCUT2D eigenvalue weighted by Crippen LogP contribution is 2.29. The Morgan fingerprint density at radius 3 is 2.94 bits per heavy atom. The van der Waals surface area contributed by atoms with Gasteiger partial charge in [0.2, 0.25) is 0 Å². The van der Waals surface area contributed by atoms with Gasteiger partial charge in [-0.05, 0) is 65.5 Å². The predicted molar refractivity (Wildman–Crippen MR) is 85.7 cm³/mol. The van der Waals surface area contributed by atoms with E-state index < -0.39 is 0 Å². The summed E-state index contributed by atoms with van der Waals surface area (Å²) in [5.41, 5.74) is 0.760. The maximum atomic E-state index is 12.1. The molecule has 1 saturated carbocycles. The largest absolute Gasteiger partial charge is 0.352 e. The smallest absolute Gasteiger partial charge is 0.252 e. The van der Waals surface area contributed by atoms with E-state index >= 15 is 0 Å². The van der Waals surface area contributed by atoms with E-state index in [1.54, 1.807) is 0 Å². The van der Waals surface area contributed by atoms with Crippen molar-refractivity contribution >= 4 is 44.4 Å². The molecule has 4 heteroatoms. The summed E-state index contributed by atoms with van der Waals surface area (Å²) in [5, 5.41) is 3.06. The molecule has 0 saturated heterocycles. The van der Waals surface area contributed by atoms with E-state index in [2.05, 4.69) is 50.8 Å². The lowest BCUT2D eigenvalue weighted by atomic mass is 10.1. The summed E-state index contributed by atoms with van der Waals surface area (Å²) in [7, 11) is 0. The summed E-state index contributed by atoms with van der Waals surface area (Å²) in [4.78, 5) is 12.1. The first-order chi connectivity index (χ1) is 8.56. The quantitative estimate of drug-likeness (QED) is 0.727. The van der Waals surface area contributed by atoms with Gasteiger partial charge in [0.1, 0.15) is 0 Å². The zero-order valence-corrected chi connectivity index (χ0v) is 14.1. The number of halogens is 2. The molecule has 0 aliphatic heterocycles. The van der Waals surface area contributed by atoms with Crippen molar-refractivity contribution in [1.82, 2.24) is 5.32 Å². The Hall–Kier alpha value is -0.100. The number of rotatable bonds is 3. The number of benzene rings is 1. The van der Waals surface area contributed by atoms with Crippen LogP contribution in [-0.2, 0) is 0 Å². The molecule has 2 unspecified atom stereocenters. The summed E-state index contributed by atoms with van der Waals surface area (Å²) in [5.74, 6) is 1.52. The minimum atomic E-state index is 0.0419. The second kappa shape index (κ2) is 6.37. The number of hydrogen-bond acceptors (Lipinski definition) is 1. The summed E-state index contributed by atoms with van der Waals surface area (Å²) in [6.07, 6.45) is 3.79. The second-order valence-electron chi connectivity index (χ2n) is 5.12. The van der Waals surface area contributed by atoms with Crippen LogP contribution in [0.4, 0.5) is 0 Å². The Morgan fingerprint density at radius 1 is 1.50 bits per heavy atom. The first-order valence-electron chi connectivity index (χ1n) is 6.29. The van der Waals surface area contributed by atoms with Crippen LogP contribution in [-0.4, -0.2) is 12.5 Å². The van der Waals surface area contributed by atoms with E-state index in [0.29, 0.717) is 5.92 Å². The minimum absolute atomic E-state index is 0.0419. The third kappa shape index (κ3) is 3.70. The molecular formula is C14H17BrINO. The van der Waals surface area contributed by atoms with Gasteiger partial charge in [-0.1, -0.05) is 29.3 Å². The molecule has 98 valence electrons. The van der Waals surface area contributed by atoms with E-state index in [9.17, 15) is 4.79 Å². The lowest BCUT2D eigenvalue weighted by molar-refractivity contribution is 0.0946. The summed E-state index contributed by atoms with van der Waals surface area (Å²) in [6, 6.07) is 5.79. The summed E-state index contributed by atoms with van der Waals surface area (Å²) in [6.45, 7) is 3.10. The molecule has 2 nitrogen and oxygen atoms in total. The van der Waals surface area contributed by atoms with Crippen LogP contribution in [0.15, 0.2) is 22.7 Å². The van der Waals surface area contributed by atoms with E-state index in [4.69, 9.17) is 0 Å². The van der Waals surface area contributed by atoms with Gasteiger partial charge in [-0.25, -0.2) is 0 Å². The van der Waals surface area contributed by atoms with E-state index in [1.807, 2.05) is 18.2 Å². The highest BCUT2D eigenvalue weighted by Gasteiger charge is 2.22. The van der Waals surface area contributed by atoms with Gasteiger partial charge < -0.3 is 5.32 Å². The van der Waals surface area contributed by atoms with Crippen molar-refractivity contribution in [3.05, 3.63) is 31.8 Å². The van der Waals surface area contributed by atoms with Crippen molar-refractivity contribution in [3.8, 4) is 0 Å². The Labute approximate surface area is 130 Å². The van der Waals surface area contributed by atoms with Gasteiger partial charge in [0, 0.05) is 14.6 Å². The lowest BCUT2D eigenvalue weighted by Crippen LogP contribution is -2.29. The molecule has 1 aromatic carbocycles. The van der Waals surface area contributed by atoms with Gasteiger partial charge in [-0.3, -0.25) is 4.79 Å². The third-order valence-corrected chi connectivity index (χ3v) is 4.96. The highest BCUT2D eigenvalue weighted by molar-refractivity contribution is 14.1. The van der Waals surface area contributed by atoms with Crippen molar-refractivity contribution in [2.24, 2.45) is 11.8 Å². The lowest BCUT2D eigenvalue weighted by Gasteiger charge is -2.12. The SMILES string of the molecule is CC1CCC(CNC(=O)c2cc(Br)ccc2I)C1. The van der Waals surface area contributed by atoms with E-state index in [1.165, 1.54) is 19.3 Å². The van der Waals surface area contributed by atoms with Crippen LogP contribution >= 0.6 is 38.5 Å². The van der Waals surface area contributed by atoms with E-state index in [-0.39, 0.29) is 5.91 Å². The van der Waals surface area contributed by atoms with Crippen molar-refractivity contribution < 1.29 is 4.79 Å². The van der Waals surface area contributed by atoms with Crippen LogP contribution in [0.25, 0.3) is 0 Å². The molecule has 1 aromatic rings. The van der Waals surface area contributed by atoms with Crippen LogP contribution in [0.5, 0.6) is 0 Å². The molecule has 1 fully saturated rings. The van der Waals surface area contributed by atoms with Crippen LogP contribution in [0, 0.1) is 15.4 Å². The molecule has 18 heavy (non-hydrogen) atoms. The molecule has 1 aliphatic carbocycles. The normalized spacial score (nSPS) is 23.1. The van der Waals surface area contributed by atoms with Crippen molar-refractivity contribution in [3.63, 3.8) is 0 Å². The van der Waals surface area contributed by atoms with Gasteiger partial charge in [-0.15, -0.1) is 0 Å². The minimum Gasteiger partial charge on any atom is -0.352 e. The predicted octanol–water partition coefficient (Wildman–Crippen LogP) is 4.22. The Kier molecular flexibility index (Phi) is 5.06. The number of carbonyl (C=O) groups excluding carboxylic acids is 1. The van der Waals surface area contributed by atoms with Crippen molar-refractivity contribution in [1.29, 1.82) is 0 Å². The van der Waals surface area contributed by atoms with Crippen LogP contribution in [0.2, 0.25) is 0 Å². The maximum Gasteiger partial charge on any atom is 0.252 e. The molecule has 0 aromatic heterocycles. The summed E-state index contributed by atoms with van der Waals surface area (Å²) >= 11 is 5.61. The van der Waals surface area contributed by atoms with Crippen LogP contribution < -0.4 is 5.32 Å². The zero-order valence-electron chi connectivity index (χ0n) is 10.4. The third-order valence-electron chi connectivity index (χ3n) is 3.53. The standard InChI is InChI=1S/C14H17BrINO/c1-9-2-3-10(6-9)8-17-14(18)12-7-11(15)4-5-13(12)16/h4-5,7,9-10H,2-3,6,8H2,1H3,(H,17,18).